The highest BCUT2D eigenvalue weighted by Gasteiger charge is 2.45. The minimum Gasteiger partial charge on any atom is -0.393 e. The number of rotatable bonds is 3. The lowest BCUT2D eigenvalue weighted by atomic mass is 9.62. The molecule has 0 radical (unpaired) electrons. The lowest BCUT2D eigenvalue weighted by Gasteiger charge is -2.42. The Balaban J connectivity index is 1.78. The Hall–Kier alpha value is -1.63. The van der Waals surface area contributed by atoms with Gasteiger partial charge >= 0.3 is 0 Å². The highest BCUT2D eigenvalue weighted by Crippen LogP contribution is 2.56. The highest BCUT2D eigenvalue weighted by molar-refractivity contribution is 5.40. The number of allylic oxidation sites excluding steroid dienone is 6. The van der Waals surface area contributed by atoms with E-state index in [1.807, 2.05) is 13.0 Å². The zero-order chi connectivity index (χ0) is 27.1. The van der Waals surface area contributed by atoms with Crippen LogP contribution in [-0.4, -0.2) is 28.1 Å². The topological polar surface area (TPSA) is 40.5 Å². The van der Waals surface area contributed by atoms with E-state index in [-0.39, 0.29) is 30.1 Å². The fourth-order valence-electron chi connectivity index (χ4n) is 5.49. The smallest absolute Gasteiger partial charge is 0.127 e. The Morgan fingerprint density at radius 2 is 2.23 bits per heavy atom. The Labute approximate surface area is 190 Å². The Bertz CT molecular complexity index is 1010. The first-order chi connectivity index (χ1) is 16.5. The molecule has 0 aromatic rings. The Morgan fingerprint density at radius 1 is 1.47 bits per heavy atom. The molecule has 3 heteroatoms. The SMILES string of the molecule is [2H]C([2H])([2H])C(O)(C#CC[C@@H](C)C1=CC[C@H]2/C(=C/C=C3/C[C@@H](O)C[C@H](F)C3=C)CCC[C@]12C)C([2H])([2H])[2H]. The quantitative estimate of drug-likeness (QED) is 0.447. The predicted octanol–water partition coefficient (Wildman–Crippen LogP) is 5.83. The maximum absolute atomic E-state index is 14.1. The largest absolute Gasteiger partial charge is 0.393 e. The zero-order valence-corrected chi connectivity index (χ0v) is 18.0. The zero-order valence-electron chi connectivity index (χ0n) is 24.0. The minimum absolute atomic E-state index is 0.0387. The molecule has 3 aliphatic rings. The van der Waals surface area contributed by atoms with Gasteiger partial charge in [0.2, 0.25) is 0 Å². The van der Waals surface area contributed by atoms with Crippen LogP contribution in [0.25, 0.3) is 0 Å². The molecule has 0 bridgehead atoms. The molecule has 0 aromatic carbocycles. The molecular weight excluding hydrogens is 375 g/mol. The van der Waals surface area contributed by atoms with E-state index in [1.54, 1.807) is 0 Å². The van der Waals surface area contributed by atoms with Gasteiger partial charge in [-0.05, 0) is 74.2 Å². The second-order valence-corrected chi connectivity index (χ2v) is 9.36. The number of aliphatic hydroxyl groups excluding tert-OH is 1. The molecule has 164 valence electrons. The standard InChI is InChI=1S/C27H37FO2/c1-18(8-6-14-26(3,4)30)23-12-13-24-20(9-7-15-27(23,24)5)10-11-21-16-22(29)17-25(28)19(21)2/h10-12,18,22,24-25,29-30H,2,7-9,13,15-17H2,1,3-5H3/b20-10+,21-11-/t18-,22-,24+,25+,27-/m1/s1/i3D3,4D3. The predicted molar refractivity (Wildman–Crippen MR) is 121 cm³/mol. The van der Waals surface area contributed by atoms with Gasteiger partial charge in [0, 0.05) is 21.1 Å². The van der Waals surface area contributed by atoms with Gasteiger partial charge < -0.3 is 10.2 Å². The molecule has 2 nitrogen and oxygen atoms in total. The van der Waals surface area contributed by atoms with Gasteiger partial charge in [0.05, 0.1) is 6.10 Å². The number of fused-ring (bicyclic) bond motifs is 1. The molecule has 0 spiro atoms. The van der Waals surface area contributed by atoms with Gasteiger partial charge in [0.1, 0.15) is 11.8 Å². The van der Waals surface area contributed by atoms with E-state index in [0.717, 1.165) is 31.3 Å². The Morgan fingerprint density at radius 3 is 2.97 bits per heavy atom. The molecule has 30 heavy (non-hydrogen) atoms. The van der Waals surface area contributed by atoms with E-state index < -0.39 is 31.6 Å². The lowest BCUT2D eigenvalue weighted by molar-refractivity contribution is 0.124. The second kappa shape index (κ2) is 8.85. The van der Waals surface area contributed by atoms with Gasteiger partial charge in [-0.3, -0.25) is 0 Å². The van der Waals surface area contributed by atoms with Gasteiger partial charge in [-0.25, -0.2) is 4.39 Å². The van der Waals surface area contributed by atoms with Crippen LogP contribution in [0.3, 0.4) is 0 Å². The van der Waals surface area contributed by atoms with Crippen molar-refractivity contribution in [2.75, 3.05) is 0 Å². The number of aliphatic hydroxyl groups is 2. The summed E-state index contributed by atoms with van der Waals surface area (Å²) in [6, 6.07) is 0. The van der Waals surface area contributed by atoms with Crippen LogP contribution in [0.15, 0.2) is 47.1 Å². The van der Waals surface area contributed by atoms with Crippen LogP contribution in [0, 0.1) is 29.1 Å². The fourth-order valence-corrected chi connectivity index (χ4v) is 5.49. The molecule has 2 fully saturated rings. The molecule has 0 aliphatic heterocycles. The molecule has 5 atom stereocenters. The van der Waals surface area contributed by atoms with Crippen molar-refractivity contribution < 1.29 is 22.8 Å². The average Bonchev–Trinajstić information content (AvgIpc) is 3.11. The molecule has 0 aromatic heterocycles. The van der Waals surface area contributed by atoms with Crippen molar-refractivity contribution >= 4 is 0 Å². The molecular formula is C27H37FO2. The number of hydrogen-bond donors (Lipinski definition) is 2. The molecule has 0 amide bonds. The van der Waals surface area contributed by atoms with Crippen molar-refractivity contribution in [1.29, 1.82) is 0 Å². The van der Waals surface area contributed by atoms with Crippen LogP contribution < -0.4 is 0 Å². The van der Waals surface area contributed by atoms with Crippen molar-refractivity contribution in [3.63, 3.8) is 0 Å². The second-order valence-electron chi connectivity index (χ2n) is 9.36. The summed E-state index contributed by atoms with van der Waals surface area (Å²) in [5.41, 5.74) is 0.518. The molecule has 3 aliphatic carbocycles. The number of halogens is 1. The van der Waals surface area contributed by atoms with E-state index in [2.05, 4.69) is 37.5 Å². The monoisotopic (exact) mass is 418 g/mol. The van der Waals surface area contributed by atoms with E-state index in [9.17, 15) is 14.6 Å². The van der Waals surface area contributed by atoms with Crippen molar-refractivity contribution in [3.05, 3.63) is 47.1 Å². The summed E-state index contributed by atoms with van der Waals surface area (Å²) in [5, 5.41) is 20.3. The maximum Gasteiger partial charge on any atom is 0.127 e. The van der Waals surface area contributed by atoms with Gasteiger partial charge in [0.15, 0.2) is 0 Å². The summed E-state index contributed by atoms with van der Waals surface area (Å²) in [6.07, 6.45) is 8.79. The molecule has 2 N–H and O–H groups in total. The third-order valence-corrected chi connectivity index (χ3v) is 7.04. The summed E-state index contributed by atoms with van der Waals surface area (Å²) in [6.45, 7) is 1.78. The molecule has 2 saturated carbocycles. The first-order valence-corrected chi connectivity index (χ1v) is 10.8. The van der Waals surface area contributed by atoms with Crippen molar-refractivity contribution in [2.45, 2.75) is 90.4 Å². The summed E-state index contributed by atoms with van der Waals surface area (Å²) in [5.74, 6) is 5.07. The van der Waals surface area contributed by atoms with Crippen LogP contribution in [-0.2, 0) is 0 Å². The normalized spacial score (nSPS) is 39.4. The number of hydrogen-bond acceptors (Lipinski definition) is 2. The highest BCUT2D eigenvalue weighted by atomic mass is 19.1. The molecule has 0 saturated heterocycles. The van der Waals surface area contributed by atoms with Gasteiger partial charge in [-0.2, -0.15) is 0 Å². The Kier molecular flexibility index (Phi) is 4.74. The summed E-state index contributed by atoms with van der Waals surface area (Å²) in [4.78, 5) is 0. The lowest BCUT2D eigenvalue weighted by Crippen LogP contribution is -2.32. The van der Waals surface area contributed by atoms with Gasteiger partial charge in [0.25, 0.3) is 0 Å². The van der Waals surface area contributed by atoms with Crippen LogP contribution in [0.5, 0.6) is 0 Å². The van der Waals surface area contributed by atoms with E-state index in [4.69, 9.17) is 8.22 Å². The summed E-state index contributed by atoms with van der Waals surface area (Å²) >= 11 is 0. The first kappa shape index (κ1) is 16.1. The van der Waals surface area contributed by atoms with Gasteiger partial charge in [-0.1, -0.05) is 61.6 Å². The number of alkyl halides is 1. The minimum atomic E-state index is -3.16. The van der Waals surface area contributed by atoms with E-state index in [0.29, 0.717) is 12.0 Å². The van der Waals surface area contributed by atoms with E-state index in [1.165, 1.54) is 11.1 Å². The van der Waals surface area contributed by atoms with Crippen molar-refractivity contribution in [1.82, 2.24) is 0 Å². The third kappa shape index (κ3) is 4.98. The van der Waals surface area contributed by atoms with Crippen LogP contribution in [0.4, 0.5) is 4.39 Å². The summed E-state index contributed by atoms with van der Waals surface area (Å²) in [7, 11) is 0. The molecule has 0 heterocycles. The average molecular weight is 419 g/mol. The van der Waals surface area contributed by atoms with Crippen molar-refractivity contribution in [3.8, 4) is 11.8 Å². The molecule has 3 rings (SSSR count). The maximum atomic E-state index is 14.1. The van der Waals surface area contributed by atoms with Gasteiger partial charge in [-0.15, -0.1) is 0 Å². The van der Waals surface area contributed by atoms with Crippen LogP contribution >= 0.6 is 0 Å². The van der Waals surface area contributed by atoms with Crippen LogP contribution in [0.1, 0.15) is 80.7 Å². The fraction of sp³-hybridized carbons (Fsp3) is 0.630. The first-order valence-electron chi connectivity index (χ1n) is 13.8. The van der Waals surface area contributed by atoms with Crippen LogP contribution in [0.2, 0.25) is 0 Å². The van der Waals surface area contributed by atoms with E-state index >= 15 is 0 Å². The molecule has 0 unspecified atom stereocenters. The van der Waals surface area contributed by atoms with Crippen molar-refractivity contribution in [2.24, 2.45) is 17.3 Å². The third-order valence-electron chi connectivity index (χ3n) is 7.04. The summed E-state index contributed by atoms with van der Waals surface area (Å²) < 4.78 is 59.0.